The zero-order valence-electron chi connectivity index (χ0n) is 41.9. The maximum Gasteiger partial charge on any atom is -1.00 e. The molecule has 9 heteroatoms. The molecular formula is C57H70Cl2F6Zr. The van der Waals surface area contributed by atoms with Crippen molar-refractivity contribution in [3.63, 3.8) is 0 Å². The van der Waals surface area contributed by atoms with Gasteiger partial charge in [0.2, 0.25) is 0 Å². The number of rotatable bonds is 7. The first-order valence-electron chi connectivity index (χ1n) is 23.1. The van der Waals surface area contributed by atoms with Crippen molar-refractivity contribution in [3.8, 4) is 11.1 Å². The summed E-state index contributed by atoms with van der Waals surface area (Å²) in [5, 5.41) is 0. The van der Waals surface area contributed by atoms with E-state index in [1.807, 2.05) is 0 Å². The topological polar surface area (TPSA) is 0 Å². The van der Waals surface area contributed by atoms with Crippen LogP contribution in [0.3, 0.4) is 0 Å². The Morgan fingerprint density at radius 1 is 0.500 bits per heavy atom. The third-order valence-corrected chi connectivity index (χ3v) is 21.7. The van der Waals surface area contributed by atoms with Crippen LogP contribution in [0.15, 0.2) is 93.8 Å². The third-order valence-electron chi connectivity index (χ3n) is 13.2. The Bertz CT molecular complexity index is 2360. The molecule has 0 spiro atoms. The Morgan fingerprint density at radius 2 is 0.848 bits per heavy atom. The summed E-state index contributed by atoms with van der Waals surface area (Å²) >= 11 is -3.78. The molecule has 2 aliphatic rings. The molecule has 4 aromatic carbocycles. The Morgan fingerprint density at radius 3 is 1.15 bits per heavy atom. The number of unbranched alkanes of at least 4 members (excludes halogenated alkanes) is 1. The van der Waals surface area contributed by atoms with Gasteiger partial charge in [-0.25, -0.2) is 0 Å². The molecule has 66 heavy (non-hydrogen) atoms. The molecule has 0 saturated heterocycles. The molecule has 358 valence electrons. The smallest absolute Gasteiger partial charge is 1.00 e. The summed E-state index contributed by atoms with van der Waals surface area (Å²) in [6.45, 7) is 36.0. The number of alkyl halides is 6. The molecule has 0 bridgehead atoms. The van der Waals surface area contributed by atoms with E-state index in [2.05, 4.69) is 147 Å². The molecule has 0 nitrogen and oxygen atoms in total. The van der Waals surface area contributed by atoms with Crippen LogP contribution < -0.4 is 24.8 Å². The van der Waals surface area contributed by atoms with Crippen molar-refractivity contribution in [3.05, 3.63) is 149 Å². The van der Waals surface area contributed by atoms with E-state index in [4.69, 9.17) is 0 Å². The third kappa shape index (κ3) is 11.5. The van der Waals surface area contributed by atoms with Gasteiger partial charge in [-0.3, -0.25) is 0 Å². The fourth-order valence-electron chi connectivity index (χ4n) is 9.76. The first kappa shape index (κ1) is 55.9. The second-order valence-electron chi connectivity index (χ2n) is 23.6. The van der Waals surface area contributed by atoms with Gasteiger partial charge in [0.15, 0.2) is 0 Å². The first-order chi connectivity index (χ1) is 29.1. The SMILES string of the molecule is CCCCC1C=C(C(C)(C)C)C=[C]1[Zr+2](=[C](c1ccc(C(F)(F)F)cc1)c1ccc(C(F)(F)F)cc1)[CH]1c2cc(C(C)(C)C)c(C(C)(C)C)cc2-c2cc(C(C)(C)C)c(C(C)(C)C)cc21.[Cl-].[Cl-]. The van der Waals surface area contributed by atoms with E-state index in [0.29, 0.717) is 11.1 Å². The normalized spacial score (nSPS) is 15.8. The van der Waals surface area contributed by atoms with Gasteiger partial charge in [-0.1, -0.05) is 0 Å². The minimum atomic E-state index is -4.55. The minimum absolute atomic E-state index is 0. The van der Waals surface area contributed by atoms with E-state index in [0.717, 1.165) is 46.7 Å². The van der Waals surface area contributed by atoms with Crippen molar-refractivity contribution < 1.29 is 72.4 Å². The number of benzene rings is 4. The van der Waals surface area contributed by atoms with Crippen molar-refractivity contribution in [2.24, 2.45) is 11.3 Å². The summed E-state index contributed by atoms with van der Waals surface area (Å²) in [6.07, 6.45) is -1.34. The maximum atomic E-state index is 14.3. The molecule has 0 saturated carbocycles. The zero-order chi connectivity index (χ0) is 47.9. The summed E-state index contributed by atoms with van der Waals surface area (Å²) in [5.41, 5.74) is 9.91. The van der Waals surface area contributed by atoms with Crippen LogP contribution in [0.4, 0.5) is 26.3 Å². The van der Waals surface area contributed by atoms with Crippen LogP contribution in [-0.2, 0) is 55.3 Å². The fourth-order valence-corrected chi connectivity index (χ4v) is 19.4. The van der Waals surface area contributed by atoms with Crippen molar-refractivity contribution in [2.75, 3.05) is 0 Å². The van der Waals surface area contributed by atoms with Gasteiger partial charge >= 0.3 is 390 Å². The van der Waals surface area contributed by atoms with Gasteiger partial charge in [-0.2, -0.15) is 0 Å². The number of hydrogen-bond acceptors (Lipinski definition) is 0. The molecule has 0 heterocycles. The van der Waals surface area contributed by atoms with E-state index in [1.165, 1.54) is 53.4 Å². The summed E-state index contributed by atoms with van der Waals surface area (Å²) < 4.78 is 87.9. The van der Waals surface area contributed by atoms with Crippen molar-refractivity contribution in [1.29, 1.82) is 0 Å². The largest absolute Gasteiger partial charge is 1.00 e. The molecule has 0 aromatic heterocycles. The van der Waals surface area contributed by atoms with E-state index >= 15 is 0 Å². The van der Waals surface area contributed by atoms with Crippen LogP contribution >= 0.6 is 0 Å². The van der Waals surface area contributed by atoms with Crippen LogP contribution in [0, 0.1) is 11.3 Å². The van der Waals surface area contributed by atoms with Crippen molar-refractivity contribution in [2.45, 2.75) is 168 Å². The Hall–Kier alpha value is -2.73. The second kappa shape index (κ2) is 19.2. The van der Waals surface area contributed by atoms with Gasteiger partial charge in [-0.05, 0) is 0 Å². The number of allylic oxidation sites excluding steroid dienone is 4. The van der Waals surface area contributed by atoms with E-state index in [-0.39, 0.29) is 61.4 Å². The molecule has 0 N–H and O–H groups in total. The van der Waals surface area contributed by atoms with E-state index < -0.39 is 44.7 Å². The molecule has 0 amide bonds. The van der Waals surface area contributed by atoms with Crippen LogP contribution in [0.1, 0.15) is 189 Å². The number of halogens is 8. The van der Waals surface area contributed by atoms with Gasteiger partial charge in [0.1, 0.15) is 0 Å². The van der Waals surface area contributed by atoms with Crippen LogP contribution in [0.2, 0.25) is 0 Å². The molecule has 1 unspecified atom stereocenters. The molecule has 2 aliphatic carbocycles. The summed E-state index contributed by atoms with van der Waals surface area (Å²) in [6, 6.07) is 20.7. The first-order valence-corrected chi connectivity index (χ1v) is 26.9. The monoisotopic (exact) mass is 1030 g/mol. The van der Waals surface area contributed by atoms with Gasteiger partial charge in [0.05, 0.1) is 0 Å². The summed E-state index contributed by atoms with van der Waals surface area (Å²) in [4.78, 5) is 0. The quantitative estimate of drug-likeness (QED) is 0.162. The Labute approximate surface area is 412 Å². The van der Waals surface area contributed by atoms with Gasteiger partial charge in [0.25, 0.3) is 0 Å². The van der Waals surface area contributed by atoms with Crippen LogP contribution in [0.5, 0.6) is 0 Å². The van der Waals surface area contributed by atoms with Crippen LogP contribution in [0.25, 0.3) is 11.1 Å². The number of hydrogen-bond donors (Lipinski definition) is 0. The number of fused-ring (bicyclic) bond motifs is 3. The predicted octanol–water partition coefficient (Wildman–Crippen LogP) is 11.6. The molecule has 0 fully saturated rings. The molecule has 0 radical (unpaired) electrons. The standard InChI is InChI=1S/C29H41.C15H8F6.C13H21.2ClH.Zr/c1-26(2,3)22-14-18-13-19-15-23(27(4,5)6)25(29(10,11)12)17-21(19)20(18)16-24(22)28(7,8)9;16-14(17,18)12-5-1-10(2-6-12)9-11-3-7-13(8-4-11)15(19,20)21;1-5-6-7-11-8-9-12(10-11)13(2,3)4;;;/h13-17H,1-12H3;1-8H;9-11H,5-7H2,1-4H3;2*1H;/q;;;;;+2/p-2. The molecular weight excluding hydrogens is 961 g/mol. The van der Waals surface area contributed by atoms with Crippen molar-refractivity contribution >= 4 is 3.21 Å². The second-order valence-corrected chi connectivity index (χ2v) is 29.7. The maximum absolute atomic E-state index is 14.3. The Kier molecular flexibility index (Phi) is 16.3. The van der Waals surface area contributed by atoms with Crippen LogP contribution in [-0.4, -0.2) is 3.21 Å². The predicted molar refractivity (Wildman–Crippen MR) is 253 cm³/mol. The summed E-state index contributed by atoms with van der Waals surface area (Å²) in [7, 11) is 0. The average molecular weight is 1030 g/mol. The molecule has 6 rings (SSSR count). The average Bonchev–Trinajstić information content (AvgIpc) is 3.72. The molecule has 0 aliphatic heterocycles. The van der Waals surface area contributed by atoms with Gasteiger partial charge < -0.3 is 24.8 Å². The summed E-state index contributed by atoms with van der Waals surface area (Å²) in [5.74, 6) is 0.0850. The Balaban J connectivity index is 0.00000476. The molecule has 4 aromatic rings. The molecule has 1 atom stereocenters. The fraction of sp³-hybridized carbons (Fsp3) is 0.491. The van der Waals surface area contributed by atoms with Gasteiger partial charge in [0, 0.05) is 0 Å². The van der Waals surface area contributed by atoms with E-state index in [1.54, 1.807) is 24.3 Å². The van der Waals surface area contributed by atoms with E-state index in [9.17, 15) is 26.3 Å². The van der Waals surface area contributed by atoms with Crippen molar-refractivity contribution in [1.82, 2.24) is 0 Å². The minimum Gasteiger partial charge on any atom is -1.00 e. The van der Waals surface area contributed by atoms with Gasteiger partial charge in [-0.15, -0.1) is 0 Å². The zero-order valence-corrected chi connectivity index (χ0v) is 45.9.